The Kier molecular flexibility index (Phi) is 5.03. The molecule has 2 bridgehead atoms. The Morgan fingerprint density at radius 2 is 1.51 bits per heavy atom. The second-order valence-corrected chi connectivity index (χ2v) is 11.5. The summed E-state index contributed by atoms with van der Waals surface area (Å²) in [6, 6.07) is 0.619. The van der Waals surface area contributed by atoms with Crippen LogP contribution in [0.1, 0.15) is 22.3 Å². The first-order valence-corrected chi connectivity index (χ1v) is 12.3. The Hall–Kier alpha value is -3.10. The topological polar surface area (TPSA) is 80.4 Å². The number of carbonyl (C=O) groups is 1. The summed E-state index contributed by atoms with van der Waals surface area (Å²) in [6.45, 7) is 2.66. The number of rotatable bonds is 4. The van der Waals surface area contributed by atoms with Crippen LogP contribution >= 0.6 is 7.14 Å². The molecule has 0 radical (unpaired) electrons. The maximum atomic E-state index is 15.4. The molecule has 2 atom stereocenters. The molecule has 3 aromatic rings. The van der Waals surface area contributed by atoms with E-state index in [4.69, 9.17) is 10.8 Å². The summed E-state index contributed by atoms with van der Waals surface area (Å²) in [7, 11) is -3.89. The van der Waals surface area contributed by atoms with E-state index in [1.54, 1.807) is 0 Å². The second kappa shape index (κ2) is 7.45. The largest absolute Gasteiger partial charge is 0.480 e. The molecule has 0 aromatic heterocycles. The van der Waals surface area contributed by atoms with E-state index in [9.17, 15) is 22.5 Å². The molecule has 2 unspecified atom stereocenters. The van der Waals surface area contributed by atoms with Crippen LogP contribution in [0.15, 0.2) is 12.1 Å². The first-order valence-electron chi connectivity index (χ1n) is 10.4. The van der Waals surface area contributed by atoms with Crippen LogP contribution < -0.4 is 16.3 Å². The molecular weight excluding hydrogens is 495 g/mol. The van der Waals surface area contributed by atoms with E-state index in [1.165, 1.54) is 13.8 Å². The van der Waals surface area contributed by atoms with Crippen LogP contribution in [-0.2, 0) is 21.9 Å². The molecule has 3 aromatic carbocycles. The van der Waals surface area contributed by atoms with E-state index in [0.717, 1.165) is 12.1 Å². The zero-order valence-electron chi connectivity index (χ0n) is 18.2. The molecule has 3 N–H and O–H groups in total. The Labute approximate surface area is 194 Å². The highest BCUT2D eigenvalue weighted by molar-refractivity contribution is 7.80. The van der Waals surface area contributed by atoms with Crippen LogP contribution in [0.3, 0.4) is 0 Å². The van der Waals surface area contributed by atoms with E-state index in [2.05, 4.69) is 0 Å². The van der Waals surface area contributed by atoms with Gasteiger partial charge in [-0.15, -0.1) is 0 Å². The van der Waals surface area contributed by atoms with Gasteiger partial charge in [0.25, 0.3) is 0 Å². The van der Waals surface area contributed by atoms with E-state index < -0.39 is 94.2 Å². The Morgan fingerprint density at radius 1 is 0.914 bits per heavy atom. The number of hydrogen-bond donors (Lipinski definition) is 2. The first-order chi connectivity index (χ1) is 16.3. The van der Waals surface area contributed by atoms with Gasteiger partial charge >= 0.3 is 5.97 Å². The predicted octanol–water partition coefficient (Wildman–Crippen LogP) is 4.57. The van der Waals surface area contributed by atoms with Crippen molar-refractivity contribution in [2.45, 2.75) is 32.5 Å². The molecule has 11 heteroatoms. The van der Waals surface area contributed by atoms with E-state index >= 15 is 13.2 Å². The minimum absolute atomic E-state index is 0.0279. The lowest BCUT2D eigenvalue weighted by Gasteiger charge is -2.34. The highest BCUT2D eigenvalue weighted by Crippen LogP contribution is 2.63. The first kappa shape index (κ1) is 23.6. The van der Waals surface area contributed by atoms with Crippen molar-refractivity contribution < 1.29 is 40.8 Å². The highest BCUT2D eigenvalue weighted by Gasteiger charge is 2.51. The van der Waals surface area contributed by atoms with E-state index in [-0.39, 0.29) is 27.6 Å². The molecule has 0 aliphatic carbocycles. The summed E-state index contributed by atoms with van der Waals surface area (Å²) in [6.07, 6.45) is -1.06. The molecular formula is C24H16F6NO3P. The Balaban J connectivity index is 1.80. The van der Waals surface area contributed by atoms with Crippen LogP contribution in [-0.4, -0.2) is 17.1 Å². The number of aliphatic carboxylic acids is 1. The van der Waals surface area contributed by atoms with Gasteiger partial charge in [-0.2, -0.15) is 0 Å². The van der Waals surface area contributed by atoms with Crippen molar-refractivity contribution in [3.8, 4) is 22.3 Å². The number of halogens is 6. The zero-order valence-corrected chi connectivity index (χ0v) is 19.1. The lowest BCUT2D eigenvalue weighted by molar-refractivity contribution is -0.138. The summed E-state index contributed by atoms with van der Waals surface area (Å²) < 4.78 is 104. The molecule has 35 heavy (non-hydrogen) atoms. The SMILES string of the molecule is Cc1cc(-c2c(F)c(F)c3c4c2CP4(=O)c2cc(C)c-3c(F)c2F)c(F)c(F)c1CC(N)C(=O)O. The van der Waals surface area contributed by atoms with Crippen LogP contribution in [0.25, 0.3) is 22.3 Å². The van der Waals surface area contributed by atoms with Gasteiger partial charge in [-0.05, 0) is 48.2 Å². The fraction of sp³-hybridized carbons (Fsp3) is 0.208. The summed E-state index contributed by atoms with van der Waals surface area (Å²) in [5, 5.41) is 8.21. The van der Waals surface area contributed by atoms with Gasteiger partial charge in [0, 0.05) is 40.1 Å². The maximum Gasteiger partial charge on any atom is 0.320 e. The number of hydrogen-bond acceptors (Lipinski definition) is 3. The predicted molar refractivity (Wildman–Crippen MR) is 116 cm³/mol. The lowest BCUT2D eigenvalue weighted by atomic mass is 9.89. The van der Waals surface area contributed by atoms with Crippen LogP contribution in [0.5, 0.6) is 0 Å². The van der Waals surface area contributed by atoms with Crippen molar-refractivity contribution in [1.82, 2.24) is 0 Å². The van der Waals surface area contributed by atoms with Gasteiger partial charge in [0.15, 0.2) is 42.0 Å². The van der Waals surface area contributed by atoms with Crippen LogP contribution in [0.2, 0.25) is 0 Å². The second-order valence-electron chi connectivity index (χ2n) is 8.81. The van der Waals surface area contributed by atoms with Crippen molar-refractivity contribution in [2.75, 3.05) is 0 Å². The van der Waals surface area contributed by atoms with Crippen molar-refractivity contribution in [1.29, 1.82) is 0 Å². The number of aryl methyl sites for hydroxylation is 2. The number of carboxylic acids is 1. The third-order valence-electron chi connectivity index (χ3n) is 6.76. The molecule has 6 rings (SSSR count). The molecule has 0 spiro atoms. The average Bonchev–Trinajstić information content (AvgIpc) is 2.89. The summed E-state index contributed by atoms with van der Waals surface area (Å²) >= 11 is 0. The molecule has 3 aliphatic heterocycles. The van der Waals surface area contributed by atoms with Gasteiger partial charge in [-0.3, -0.25) is 4.79 Å². The standard InChI is InChI=1S/C24H16F6NO3P/c1-7-3-10(18(26)17(25)9(7)5-12(31)24(32)33)15-11-6-35(34)13-4-8(2)14(20(28)19(13)27)16(23(11)35)22(30)21(15)29/h3-4,12H,5-6,31H2,1-2H3,(H,32,33). The minimum atomic E-state index is -3.89. The molecule has 0 saturated heterocycles. The number of fused-ring (bicyclic) bond motifs is 2. The molecule has 0 amide bonds. The Bertz CT molecular complexity index is 1570. The molecule has 4 nitrogen and oxygen atoms in total. The fourth-order valence-electron chi connectivity index (χ4n) is 5.04. The third-order valence-corrected chi connectivity index (χ3v) is 9.84. The normalized spacial score (nSPS) is 18.2. The van der Waals surface area contributed by atoms with Gasteiger partial charge in [0.1, 0.15) is 6.04 Å². The summed E-state index contributed by atoms with van der Waals surface area (Å²) in [4.78, 5) is 11.0. The van der Waals surface area contributed by atoms with Crippen molar-refractivity contribution >= 4 is 23.7 Å². The summed E-state index contributed by atoms with van der Waals surface area (Å²) in [5.41, 5.74) is 2.42. The lowest BCUT2D eigenvalue weighted by Crippen LogP contribution is -2.34. The van der Waals surface area contributed by atoms with Crippen LogP contribution in [0, 0.1) is 48.8 Å². The smallest absolute Gasteiger partial charge is 0.320 e. The molecule has 0 fully saturated rings. The summed E-state index contributed by atoms with van der Waals surface area (Å²) in [5.74, 6) is -10.7. The van der Waals surface area contributed by atoms with Gasteiger partial charge in [-0.1, -0.05) is 0 Å². The molecule has 3 heterocycles. The van der Waals surface area contributed by atoms with E-state index in [1.807, 2.05) is 0 Å². The van der Waals surface area contributed by atoms with Gasteiger partial charge in [0.2, 0.25) is 0 Å². The average molecular weight is 511 g/mol. The zero-order chi connectivity index (χ0) is 25.7. The maximum absolute atomic E-state index is 15.4. The van der Waals surface area contributed by atoms with Gasteiger partial charge < -0.3 is 15.4 Å². The van der Waals surface area contributed by atoms with Crippen molar-refractivity contribution in [3.05, 3.63) is 69.3 Å². The minimum Gasteiger partial charge on any atom is -0.480 e. The molecule has 182 valence electrons. The van der Waals surface area contributed by atoms with Crippen LogP contribution in [0.4, 0.5) is 26.3 Å². The number of carboxylic acid groups (broad SMARTS) is 1. The highest BCUT2D eigenvalue weighted by atomic mass is 31.2. The molecule has 0 saturated carbocycles. The van der Waals surface area contributed by atoms with Crippen molar-refractivity contribution in [2.24, 2.45) is 5.73 Å². The number of benzene rings is 3. The fourth-order valence-corrected chi connectivity index (χ4v) is 8.12. The molecule has 3 aliphatic rings. The third kappa shape index (κ3) is 2.93. The quantitative estimate of drug-likeness (QED) is 0.398. The number of nitrogens with two attached hydrogens (primary N) is 1. The monoisotopic (exact) mass is 511 g/mol. The van der Waals surface area contributed by atoms with Gasteiger partial charge in [0.05, 0.1) is 5.30 Å². The van der Waals surface area contributed by atoms with Crippen molar-refractivity contribution in [3.63, 3.8) is 0 Å². The Morgan fingerprint density at radius 3 is 2.14 bits per heavy atom. The van der Waals surface area contributed by atoms with E-state index in [0.29, 0.717) is 0 Å². The van der Waals surface area contributed by atoms with Gasteiger partial charge in [-0.25, -0.2) is 26.3 Å².